The van der Waals surface area contributed by atoms with Gasteiger partial charge in [0.05, 0.1) is 6.61 Å². The predicted molar refractivity (Wildman–Crippen MR) is 107 cm³/mol. The smallest absolute Gasteiger partial charge is 0.342 e. The van der Waals surface area contributed by atoms with E-state index < -0.39 is 12.1 Å². The third kappa shape index (κ3) is 5.42. The minimum atomic E-state index is -0.960. The van der Waals surface area contributed by atoms with Gasteiger partial charge in [0.1, 0.15) is 11.3 Å². The van der Waals surface area contributed by atoms with Crippen molar-refractivity contribution in [2.24, 2.45) is 5.92 Å². The average molecular weight is 383 g/mol. The largest absolute Gasteiger partial charge is 0.493 e. The molecule has 0 spiro atoms. The van der Waals surface area contributed by atoms with E-state index in [0.717, 1.165) is 0 Å². The molecule has 1 amide bonds. The van der Waals surface area contributed by atoms with Gasteiger partial charge in [-0.15, -0.1) is 0 Å². The number of carbonyl (C=O) groups excluding carboxylic acids is 3. The van der Waals surface area contributed by atoms with E-state index in [9.17, 15) is 14.4 Å². The molecule has 0 fully saturated rings. The Hall–Kier alpha value is -3.15. The SMILES string of the molecule is CCOc1ccccc1C(=O)OC(C)C(=O)c1ccc(NC(=O)C(C)C)cc1. The zero-order valence-electron chi connectivity index (χ0n) is 16.5. The molecule has 0 saturated heterocycles. The molecule has 2 aromatic rings. The summed E-state index contributed by atoms with van der Waals surface area (Å²) in [6.07, 6.45) is -0.960. The maximum Gasteiger partial charge on any atom is 0.342 e. The van der Waals surface area contributed by atoms with Crippen molar-refractivity contribution in [1.29, 1.82) is 0 Å². The summed E-state index contributed by atoms with van der Waals surface area (Å²) in [7, 11) is 0. The highest BCUT2D eigenvalue weighted by Gasteiger charge is 2.22. The van der Waals surface area contributed by atoms with Gasteiger partial charge in [-0.3, -0.25) is 9.59 Å². The summed E-state index contributed by atoms with van der Waals surface area (Å²) in [5.41, 5.74) is 1.27. The Morgan fingerprint density at radius 2 is 1.61 bits per heavy atom. The molecule has 0 aliphatic carbocycles. The molecule has 0 saturated carbocycles. The molecule has 1 unspecified atom stereocenters. The first-order valence-electron chi connectivity index (χ1n) is 9.21. The van der Waals surface area contributed by atoms with E-state index in [1.54, 1.807) is 62.4 Å². The fourth-order valence-electron chi connectivity index (χ4n) is 2.43. The van der Waals surface area contributed by atoms with Crippen molar-refractivity contribution in [2.45, 2.75) is 33.8 Å². The Kier molecular flexibility index (Phi) is 7.32. The number of ether oxygens (including phenoxy) is 2. The molecule has 1 atom stereocenters. The summed E-state index contributed by atoms with van der Waals surface area (Å²) in [5.74, 6) is -0.774. The molecule has 0 aliphatic rings. The van der Waals surface area contributed by atoms with Gasteiger partial charge in [-0.25, -0.2) is 4.79 Å². The lowest BCUT2D eigenvalue weighted by Gasteiger charge is -2.15. The molecule has 6 heteroatoms. The highest BCUT2D eigenvalue weighted by atomic mass is 16.5. The van der Waals surface area contributed by atoms with E-state index in [2.05, 4.69) is 5.32 Å². The van der Waals surface area contributed by atoms with Crippen molar-refractivity contribution >= 4 is 23.3 Å². The van der Waals surface area contributed by atoms with Gasteiger partial charge in [-0.2, -0.15) is 0 Å². The summed E-state index contributed by atoms with van der Waals surface area (Å²) in [4.78, 5) is 36.7. The third-order valence-corrected chi connectivity index (χ3v) is 4.02. The molecule has 2 rings (SSSR count). The number of benzene rings is 2. The number of ketones is 1. The second kappa shape index (κ2) is 9.69. The number of Topliss-reactive ketones (excluding diaryl/α,β-unsaturated/α-hetero) is 1. The van der Waals surface area contributed by atoms with Crippen molar-refractivity contribution in [1.82, 2.24) is 0 Å². The molecule has 148 valence electrons. The molecule has 1 N–H and O–H groups in total. The Balaban J connectivity index is 2.04. The summed E-state index contributed by atoms with van der Waals surface area (Å²) in [6, 6.07) is 13.2. The van der Waals surface area contributed by atoms with Crippen LogP contribution in [0.4, 0.5) is 5.69 Å². The van der Waals surface area contributed by atoms with E-state index in [-0.39, 0.29) is 23.2 Å². The minimum Gasteiger partial charge on any atom is -0.493 e. The zero-order chi connectivity index (χ0) is 20.7. The van der Waals surface area contributed by atoms with Crippen LogP contribution in [0, 0.1) is 5.92 Å². The second-order valence-corrected chi connectivity index (χ2v) is 6.56. The molecular weight excluding hydrogens is 358 g/mol. The van der Waals surface area contributed by atoms with Crippen LogP contribution >= 0.6 is 0 Å². The summed E-state index contributed by atoms with van der Waals surface area (Å²) in [6.45, 7) is 7.36. The van der Waals surface area contributed by atoms with Crippen LogP contribution < -0.4 is 10.1 Å². The Labute approximate surface area is 164 Å². The molecule has 28 heavy (non-hydrogen) atoms. The van der Waals surface area contributed by atoms with E-state index in [1.807, 2.05) is 6.92 Å². The monoisotopic (exact) mass is 383 g/mol. The molecule has 0 heterocycles. The number of amides is 1. The molecule has 0 aliphatic heterocycles. The Bertz CT molecular complexity index is 842. The number of rotatable bonds is 8. The fraction of sp³-hybridized carbons (Fsp3) is 0.318. The van der Waals surface area contributed by atoms with Crippen LogP contribution in [0.2, 0.25) is 0 Å². The van der Waals surface area contributed by atoms with Gasteiger partial charge in [-0.1, -0.05) is 26.0 Å². The van der Waals surface area contributed by atoms with Crippen LogP contribution in [0.15, 0.2) is 48.5 Å². The van der Waals surface area contributed by atoms with Crippen LogP contribution in [0.1, 0.15) is 48.4 Å². The number of hydrogen-bond donors (Lipinski definition) is 1. The highest BCUT2D eigenvalue weighted by molar-refractivity contribution is 6.02. The van der Waals surface area contributed by atoms with Gasteiger partial charge in [-0.05, 0) is 50.2 Å². The van der Waals surface area contributed by atoms with Gasteiger partial charge in [0.15, 0.2) is 6.10 Å². The van der Waals surface area contributed by atoms with Crippen LogP contribution in [-0.2, 0) is 9.53 Å². The topological polar surface area (TPSA) is 81.7 Å². The van der Waals surface area contributed by atoms with E-state index in [1.165, 1.54) is 6.92 Å². The van der Waals surface area contributed by atoms with Crippen LogP contribution in [0.5, 0.6) is 5.75 Å². The van der Waals surface area contributed by atoms with Crippen molar-refractivity contribution in [3.05, 3.63) is 59.7 Å². The third-order valence-electron chi connectivity index (χ3n) is 4.02. The van der Waals surface area contributed by atoms with Crippen LogP contribution in [-0.4, -0.2) is 30.4 Å². The number of para-hydroxylation sites is 1. The fourth-order valence-corrected chi connectivity index (χ4v) is 2.43. The first kappa shape index (κ1) is 21.2. The van der Waals surface area contributed by atoms with Crippen molar-refractivity contribution < 1.29 is 23.9 Å². The molecule has 0 radical (unpaired) electrons. The first-order valence-corrected chi connectivity index (χ1v) is 9.21. The lowest BCUT2D eigenvalue weighted by molar-refractivity contribution is -0.118. The highest BCUT2D eigenvalue weighted by Crippen LogP contribution is 2.20. The molecular formula is C22H25NO5. The summed E-state index contributed by atoms with van der Waals surface area (Å²) in [5, 5.41) is 2.76. The number of nitrogens with one attached hydrogen (secondary N) is 1. The van der Waals surface area contributed by atoms with Gasteiger partial charge in [0.2, 0.25) is 11.7 Å². The second-order valence-electron chi connectivity index (χ2n) is 6.56. The van der Waals surface area contributed by atoms with E-state index in [4.69, 9.17) is 9.47 Å². The summed E-state index contributed by atoms with van der Waals surface area (Å²) >= 11 is 0. The van der Waals surface area contributed by atoms with E-state index >= 15 is 0 Å². The maximum absolute atomic E-state index is 12.6. The lowest BCUT2D eigenvalue weighted by atomic mass is 10.1. The van der Waals surface area contributed by atoms with Gasteiger partial charge in [0, 0.05) is 17.2 Å². The van der Waals surface area contributed by atoms with Crippen molar-refractivity contribution in [3.63, 3.8) is 0 Å². The average Bonchev–Trinajstić information content (AvgIpc) is 2.68. The number of hydrogen-bond acceptors (Lipinski definition) is 5. The number of esters is 1. The normalized spacial score (nSPS) is 11.6. The van der Waals surface area contributed by atoms with E-state index in [0.29, 0.717) is 23.6 Å². The first-order chi connectivity index (χ1) is 13.3. The van der Waals surface area contributed by atoms with Crippen LogP contribution in [0.25, 0.3) is 0 Å². The summed E-state index contributed by atoms with van der Waals surface area (Å²) < 4.78 is 10.8. The Morgan fingerprint density at radius 3 is 2.21 bits per heavy atom. The van der Waals surface area contributed by atoms with Crippen molar-refractivity contribution in [3.8, 4) is 5.75 Å². The van der Waals surface area contributed by atoms with Gasteiger partial charge < -0.3 is 14.8 Å². The standard InChI is InChI=1S/C22H25NO5/c1-5-27-19-9-7-6-8-18(19)22(26)28-15(4)20(24)16-10-12-17(13-11-16)23-21(25)14(2)3/h6-15H,5H2,1-4H3,(H,23,25). The zero-order valence-corrected chi connectivity index (χ0v) is 16.5. The maximum atomic E-state index is 12.6. The quantitative estimate of drug-likeness (QED) is 0.548. The predicted octanol–water partition coefficient (Wildman–Crippen LogP) is 4.11. The molecule has 2 aromatic carbocycles. The molecule has 0 aromatic heterocycles. The lowest BCUT2D eigenvalue weighted by Crippen LogP contribution is -2.25. The molecule has 6 nitrogen and oxygen atoms in total. The number of anilines is 1. The van der Waals surface area contributed by atoms with Crippen molar-refractivity contribution in [2.75, 3.05) is 11.9 Å². The molecule has 0 bridgehead atoms. The number of carbonyl (C=O) groups is 3. The van der Waals surface area contributed by atoms with Gasteiger partial charge >= 0.3 is 5.97 Å². The van der Waals surface area contributed by atoms with Crippen LogP contribution in [0.3, 0.4) is 0 Å². The van der Waals surface area contributed by atoms with Gasteiger partial charge in [0.25, 0.3) is 0 Å². The minimum absolute atomic E-state index is 0.102. The Morgan fingerprint density at radius 1 is 0.964 bits per heavy atom.